The molecule has 128 valence electrons. The summed E-state index contributed by atoms with van der Waals surface area (Å²) in [7, 11) is 0. The van der Waals surface area contributed by atoms with Crippen molar-refractivity contribution in [3.8, 4) is 0 Å². The number of carbonyl (C=O) groups is 2. The van der Waals surface area contributed by atoms with Gasteiger partial charge in [0.2, 0.25) is 11.8 Å². The standard InChI is InChI=1S/C13H21N5O4S/c1-2-14-10(19)6-15-11(20)8-23-13-17-16-12(21)18(13)7-9-4-3-5-22-9/h9H,2-8H2,1H3,(H,14,19)(H,15,20)(H,16,21)/t9-/m0/s1. The number of hydrogen-bond acceptors (Lipinski definition) is 6. The SMILES string of the molecule is CCNC(=O)CNC(=O)CSc1n[nH]c(=O)n1C[C@@H]1CCCO1. The van der Waals surface area contributed by atoms with Gasteiger partial charge in [0.1, 0.15) is 0 Å². The minimum atomic E-state index is -0.314. The lowest BCUT2D eigenvalue weighted by atomic mass is 10.2. The number of aromatic amines is 1. The first-order valence-electron chi connectivity index (χ1n) is 7.53. The molecule has 0 bridgehead atoms. The fraction of sp³-hybridized carbons (Fsp3) is 0.692. The molecule has 1 atom stereocenters. The first-order valence-corrected chi connectivity index (χ1v) is 8.51. The molecule has 23 heavy (non-hydrogen) atoms. The van der Waals surface area contributed by atoms with E-state index < -0.39 is 0 Å². The second-order valence-corrected chi connectivity index (χ2v) is 6.02. The average molecular weight is 343 g/mol. The van der Waals surface area contributed by atoms with Crippen molar-refractivity contribution in [3.05, 3.63) is 10.5 Å². The van der Waals surface area contributed by atoms with Gasteiger partial charge >= 0.3 is 5.69 Å². The number of rotatable bonds is 8. The highest BCUT2D eigenvalue weighted by Gasteiger charge is 2.20. The Bertz CT molecular complexity index is 593. The Labute approximate surface area is 137 Å². The Morgan fingerprint density at radius 2 is 2.26 bits per heavy atom. The molecule has 10 heteroatoms. The molecule has 0 spiro atoms. The Hall–Kier alpha value is -1.81. The van der Waals surface area contributed by atoms with Crippen LogP contribution in [-0.4, -0.2) is 58.1 Å². The van der Waals surface area contributed by atoms with Crippen molar-refractivity contribution in [1.82, 2.24) is 25.4 Å². The van der Waals surface area contributed by atoms with Crippen LogP contribution in [0, 0.1) is 0 Å². The molecule has 3 N–H and O–H groups in total. The molecule has 0 aliphatic carbocycles. The van der Waals surface area contributed by atoms with Gasteiger partial charge in [-0.15, -0.1) is 5.10 Å². The van der Waals surface area contributed by atoms with Gasteiger partial charge in [-0.2, -0.15) is 0 Å². The van der Waals surface area contributed by atoms with Gasteiger partial charge in [-0.3, -0.25) is 14.2 Å². The van der Waals surface area contributed by atoms with Gasteiger partial charge in [-0.25, -0.2) is 9.89 Å². The van der Waals surface area contributed by atoms with Crippen LogP contribution in [0.3, 0.4) is 0 Å². The van der Waals surface area contributed by atoms with Crippen LogP contribution >= 0.6 is 11.8 Å². The second-order valence-electron chi connectivity index (χ2n) is 5.08. The van der Waals surface area contributed by atoms with Crippen LogP contribution in [0.15, 0.2) is 9.95 Å². The number of amides is 2. The van der Waals surface area contributed by atoms with Crippen molar-refractivity contribution < 1.29 is 14.3 Å². The highest BCUT2D eigenvalue weighted by Crippen LogP contribution is 2.17. The monoisotopic (exact) mass is 343 g/mol. The van der Waals surface area contributed by atoms with Crippen LogP contribution in [0.25, 0.3) is 0 Å². The molecular weight excluding hydrogens is 322 g/mol. The smallest absolute Gasteiger partial charge is 0.344 e. The summed E-state index contributed by atoms with van der Waals surface area (Å²) in [5.74, 6) is -0.448. The van der Waals surface area contributed by atoms with Gasteiger partial charge < -0.3 is 15.4 Å². The maximum Gasteiger partial charge on any atom is 0.344 e. The van der Waals surface area contributed by atoms with E-state index >= 15 is 0 Å². The van der Waals surface area contributed by atoms with Gasteiger partial charge in [0.15, 0.2) is 5.16 Å². The number of ether oxygens (including phenoxy) is 1. The molecule has 2 amide bonds. The number of hydrogen-bond donors (Lipinski definition) is 3. The summed E-state index contributed by atoms with van der Waals surface area (Å²) in [4.78, 5) is 34.8. The topological polar surface area (TPSA) is 118 Å². The molecule has 1 fully saturated rings. The summed E-state index contributed by atoms with van der Waals surface area (Å²) in [5.41, 5.74) is -0.314. The largest absolute Gasteiger partial charge is 0.376 e. The number of nitrogens with zero attached hydrogens (tertiary/aromatic N) is 2. The molecule has 0 aromatic carbocycles. The first kappa shape index (κ1) is 17.5. The third kappa shape index (κ3) is 5.39. The quantitative estimate of drug-likeness (QED) is 0.526. The summed E-state index contributed by atoms with van der Waals surface area (Å²) < 4.78 is 7.00. The van der Waals surface area contributed by atoms with E-state index in [1.807, 2.05) is 0 Å². The summed E-state index contributed by atoms with van der Waals surface area (Å²) in [6.45, 7) is 3.41. The van der Waals surface area contributed by atoms with Crippen molar-refractivity contribution in [2.75, 3.05) is 25.4 Å². The minimum Gasteiger partial charge on any atom is -0.376 e. The van der Waals surface area contributed by atoms with Gasteiger partial charge in [-0.1, -0.05) is 11.8 Å². The maximum absolute atomic E-state index is 11.8. The van der Waals surface area contributed by atoms with Crippen LogP contribution in [0.5, 0.6) is 0 Å². The molecule has 2 heterocycles. The minimum absolute atomic E-state index is 0.0104. The lowest BCUT2D eigenvalue weighted by molar-refractivity contribution is -0.124. The fourth-order valence-electron chi connectivity index (χ4n) is 2.19. The number of thioether (sulfide) groups is 1. The van der Waals surface area contributed by atoms with Crippen molar-refractivity contribution in [2.24, 2.45) is 0 Å². The molecular formula is C13H21N5O4S. The number of aromatic nitrogens is 3. The lowest BCUT2D eigenvalue weighted by Crippen LogP contribution is -2.37. The molecule has 0 unspecified atom stereocenters. The summed E-state index contributed by atoms with van der Waals surface area (Å²) in [6.07, 6.45) is 1.91. The van der Waals surface area contributed by atoms with Crippen LogP contribution in [0.4, 0.5) is 0 Å². The molecule has 1 aromatic rings. The third-order valence-corrected chi connectivity index (χ3v) is 4.26. The first-order chi connectivity index (χ1) is 11.1. The van der Waals surface area contributed by atoms with E-state index in [0.29, 0.717) is 24.9 Å². The molecule has 1 saturated heterocycles. The Kier molecular flexibility index (Phi) is 6.66. The Balaban J connectivity index is 1.82. The zero-order valence-corrected chi connectivity index (χ0v) is 13.8. The highest BCUT2D eigenvalue weighted by molar-refractivity contribution is 7.99. The molecule has 1 aromatic heterocycles. The zero-order valence-electron chi connectivity index (χ0n) is 13.0. The Morgan fingerprint density at radius 3 is 2.96 bits per heavy atom. The second kappa shape index (κ2) is 8.73. The van der Waals surface area contributed by atoms with E-state index in [2.05, 4.69) is 20.8 Å². The van der Waals surface area contributed by atoms with Gasteiger partial charge in [0.05, 0.1) is 24.9 Å². The van der Waals surface area contributed by atoms with Gasteiger partial charge in [0, 0.05) is 13.2 Å². The van der Waals surface area contributed by atoms with Crippen molar-refractivity contribution in [3.63, 3.8) is 0 Å². The van der Waals surface area contributed by atoms with Crippen molar-refractivity contribution in [1.29, 1.82) is 0 Å². The molecule has 9 nitrogen and oxygen atoms in total. The zero-order chi connectivity index (χ0) is 16.7. The number of H-pyrrole nitrogens is 1. The predicted octanol–water partition coefficient (Wildman–Crippen LogP) is -0.905. The Morgan fingerprint density at radius 1 is 1.43 bits per heavy atom. The molecule has 1 aliphatic rings. The summed E-state index contributed by atoms with van der Waals surface area (Å²) in [6, 6.07) is 0. The van der Waals surface area contributed by atoms with E-state index in [-0.39, 0.29) is 35.9 Å². The average Bonchev–Trinajstić information content (AvgIpc) is 3.15. The highest BCUT2D eigenvalue weighted by atomic mass is 32.2. The molecule has 2 rings (SSSR count). The van der Waals surface area contributed by atoms with E-state index in [0.717, 1.165) is 24.6 Å². The van der Waals surface area contributed by atoms with Crippen LogP contribution in [0.1, 0.15) is 19.8 Å². The summed E-state index contributed by atoms with van der Waals surface area (Å²) >= 11 is 1.15. The van der Waals surface area contributed by atoms with Crippen LogP contribution in [0.2, 0.25) is 0 Å². The van der Waals surface area contributed by atoms with Gasteiger partial charge in [-0.05, 0) is 19.8 Å². The summed E-state index contributed by atoms with van der Waals surface area (Å²) in [5, 5.41) is 11.9. The van der Waals surface area contributed by atoms with E-state index in [4.69, 9.17) is 4.74 Å². The number of nitrogens with one attached hydrogen (secondary N) is 3. The van der Waals surface area contributed by atoms with Crippen LogP contribution in [-0.2, 0) is 20.9 Å². The lowest BCUT2D eigenvalue weighted by Gasteiger charge is -2.11. The van der Waals surface area contributed by atoms with Gasteiger partial charge in [0.25, 0.3) is 0 Å². The van der Waals surface area contributed by atoms with E-state index in [1.165, 1.54) is 4.57 Å². The predicted molar refractivity (Wildman–Crippen MR) is 84.2 cm³/mol. The maximum atomic E-state index is 11.8. The normalized spacial score (nSPS) is 17.2. The molecule has 0 radical (unpaired) electrons. The molecule has 0 saturated carbocycles. The number of carbonyl (C=O) groups excluding carboxylic acids is 2. The van der Waals surface area contributed by atoms with E-state index in [1.54, 1.807) is 6.92 Å². The third-order valence-electron chi connectivity index (χ3n) is 3.29. The molecule has 1 aliphatic heterocycles. The van der Waals surface area contributed by atoms with Crippen molar-refractivity contribution in [2.45, 2.75) is 37.6 Å². The van der Waals surface area contributed by atoms with Crippen molar-refractivity contribution >= 4 is 23.6 Å². The number of likely N-dealkylation sites (N-methyl/N-ethyl adjacent to an activating group) is 1. The fourth-order valence-corrected chi connectivity index (χ4v) is 2.97. The van der Waals surface area contributed by atoms with E-state index in [9.17, 15) is 14.4 Å². The van der Waals surface area contributed by atoms with Crippen LogP contribution < -0.4 is 16.3 Å².